The van der Waals surface area contributed by atoms with Crippen molar-refractivity contribution in [2.75, 3.05) is 6.54 Å². The van der Waals surface area contributed by atoms with E-state index in [-0.39, 0.29) is 18.1 Å². The second kappa shape index (κ2) is 5.14. The molecule has 0 aliphatic heterocycles. The van der Waals surface area contributed by atoms with Gasteiger partial charge in [0.05, 0.1) is 6.54 Å². The third-order valence-electron chi connectivity index (χ3n) is 2.31. The van der Waals surface area contributed by atoms with Gasteiger partial charge in [-0.15, -0.1) is 0 Å². The van der Waals surface area contributed by atoms with Gasteiger partial charge in [0.15, 0.2) is 0 Å². The number of carbonyl (C=O) groups is 2. The molecule has 0 bridgehead atoms. The molecule has 17 heavy (non-hydrogen) atoms. The Hall–Kier alpha value is -1.62. The first-order valence-corrected chi connectivity index (χ1v) is 5.72. The van der Waals surface area contributed by atoms with Gasteiger partial charge in [-0.3, -0.25) is 14.6 Å². The topological polar surface area (TPSA) is 71.1 Å². The number of rotatable bonds is 4. The lowest BCUT2D eigenvalue weighted by Gasteiger charge is -2.05. The second-order valence-corrected chi connectivity index (χ2v) is 4.32. The van der Waals surface area contributed by atoms with Crippen LogP contribution in [0.25, 0.3) is 0 Å². The molecule has 1 fully saturated rings. The van der Waals surface area contributed by atoms with Crippen LogP contribution in [0, 0.1) is 0 Å². The normalized spacial score (nSPS) is 14.2. The molecule has 1 saturated carbocycles. The number of carbonyl (C=O) groups excluding carboxylic acids is 2. The van der Waals surface area contributed by atoms with Crippen molar-refractivity contribution in [2.24, 2.45) is 0 Å². The van der Waals surface area contributed by atoms with E-state index in [0.717, 1.165) is 12.8 Å². The van der Waals surface area contributed by atoms with Gasteiger partial charge in [-0.05, 0) is 25.0 Å². The van der Waals surface area contributed by atoms with Crippen LogP contribution in [0.2, 0.25) is 5.02 Å². The predicted molar refractivity (Wildman–Crippen MR) is 62.7 cm³/mol. The average Bonchev–Trinajstić information content (AvgIpc) is 3.10. The summed E-state index contributed by atoms with van der Waals surface area (Å²) in [5.74, 6) is -0.582. The lowest BCUT2D eigenvalue weighted by Crippen LogP contribution is -2.38. The minimum Gasteiger partial charge on any atom is -0.352 e. The first-order chi connectivity index (χ1) is 8.15. The minimum atomic E-state index is -0.404. The molecule has 2 rings (SSSR count). The maximum atomic E-state index is 11.6. The van der Waals surface area contributed by atoms with E-state index in [9.17, 15) is 9.59 Å². The van der Waals surface area contributed by atoms with E-state index in [1.54, 1.807) is 6.07 Å². The van der Waals surface area contributed by atoms with Gasteiger partial charge in [0.2, 0.25) is 5.91 Å². The van der Waals surface area contributed by atoms with Crippen LogP contribution in [-0.2, 0) is 4.79 Å². The Labute approximate surface area is 104 Å². The molecular weight excluding hydrogens is 242 g/mol. The van der Waals surface area contributed by atoms with Gasteiger partial charge in [-0.25, -0.2) is 0 Å². The standard InChI is InChI=1S/C11H12ClN3O2/c12-7-3-4-13-9(5-7)11(17)14-6-10(16)15-8-1-2-8/h3-5,8H,1-2,6H2,(H,14,17)(H,15,16). The average molecular weight is 254 g/mol. The molecule has 0 saturated heterocycles. The molecule has 0 aromatic carbocycles. The summed E-state index contributed by atoms with van der Waals surface area (Å²) in [7, 11) is 0. The molecule has 0 unspecified atom stereocenters. The summed E-state index contributed by atoms with van der Waals surface area (Å²) in [6, 6.07) is 3.33. The van der Waals surface area contributed by atoms with Crippen molar-refractivity contribution < 1.29 is 9.59 Å². The maximum absolute atomic E-state index is 11.6. The zero-order valence-electron chi connectivity index (χ0n) is 9.07. The fourth-order valence-electron chi connectivity index (χ4n) is 1.29. The Balaban J connectivity index is 1.82. The molecule has 1 aliphatic carbocycles. The monoisotopic (exact) mass is 253 g/mol. The summed E-state index contributed by atoms with van der Waals surface area (Å²) < 4.78 is 0. The highest BCUT2D eigenvalue weighted by Crippen LogP contribution is 2.18. The van der Waals surface area contributed by atoms with Crippen LogP contribution >= 0.6 is 11.6 Å². The molecule has 1 heterocycles. The molecule has 0 spiro atoms. The number of hydrogen-bond acceptors (Lipinski definition) is 3. The molecule has 90 valence electrons. The number of nitrogens with zero attached hydrogens (tertiary/aromatic N) is 1. The van der Waals surface area contributed by atoms with Crippen molar-refractivity contribution in [1.82, 2.24) is 15.6 Å². The Morgan fingerprint density at radius 3 is 2.88 bits per heavy atom. The van der Waals surface area contributed by atoms with Crippen molar-refractivity contribution in [3.05, 3.63) is 29.0 Å². The number of aromatic nitrogens is 1. The molecule has 1 aromatic rings. The molecule has 0 radical (unpaired) electrons. The molecule has 2 N–H and O–H groups in total. The molecule has 2 amide bonds. The quantitative estimate of drug-likeness (QED) is 0.832. The third-order valence-corrected chi connectivity index (χ3v) is 2.54. The van der Waals surface area contributed by atoms with Crippen LogP contribution in [-0.4, -0.2) is 29.4 Å². The predicted octanol–water partition coefficient (Wildman–Crippen LogP) is 0.743. The van der Waals surface area contributed by atoms with Gasteiger partial charge in [0.25, 0.3) is 5.91 Å². The van der Waals surface area contributed by atoms with Crippen molar-refractivity contribution in [3.8, 4) is 0 Å². The zero-order valence-corrected chi connectivity index (χ0v) is 9.83. The highest BCUT2D eigenvalue weighted by molar-refractivity contribution is 6.30. The number of pyridine rings is 1. The number of halogens is 1. The lowest BCUT2D eigenvalue weighted by atomic mass is 10.3. The number of nitrogens with one attached hydrogen (secondary N) is 2. The van der Waals surface area contributed by atoms with Gasteiger partial charge in [0, 0.05) is 17.3 Å². The molecule has 5 nitrogen and oxygen atoms in total. The summed E-state index contributed by atoms with van der Waals surface area (Å²) >= 11 is 5.73. The molecular formula is C11H12ClN3O2. The van der Waals surface area contributed by atoms with Crippen molar-refractivity contribution in [2.45, 2.75) is 18.9 Å². The molecule has 6 heteroatoms. The third kappa shape index (κ3) is 3.71. The van der Waals surface area contributed by atoms with E-state index < -0.39 is 5.91 Å². The van der Waals surface area contributed by atoms with Crippen LogP contribution in [0.15, 0.2) is 18.3 Å². The van der Waals surface area contributed by atoms with Crippen LogP contribution in [0.3, 0.4) is 0 Å². The zero-order chi connectivity index (χ0) is 12.3. The first kappa shape index (κ1) is 11.9. The summed E-state index contributed by atoms with van der Waals surface area (Å²) in [6.07, 6.45) is 3.49. The van der Waals surface area contributed by atoms with Crippen molar-refractivity contribution in [3.63, 3.8) is 0 Å². The summed E-state index contributed by atoms with van der Waals surface area (Å²) in [6.45, 7) is -0.0382. The van der Waals surface area contributed by atoms with Gasteiger partial charge in [-0.1, -0.05) is 11.6 Å². The summed E-state index contributed by atoms with van der Waals surface area (Å²) in [5, 5.41) is 5.70. The number of hydrogen-bond donors (Lipinski definition) is 2. The Bertz CT molecular complexity index is 446. The van der Waals surface area contributed by atoms with Gasteiger partial charge < -0.3 is 10.6 Å². The highest BCUT2D eigenvalue weighted by Gasteiger charge is 2.23. The Kier molecular flexibility index (Phi) is 3.58. The fourth-order valence-corrected chi connectivity index (χ4v) is 1.45. The summed E-state index contributed by atoms with van der Waals surface area (Å²) in [4.78, 5) is 26.8. The van der Waals surface area contributed by atoms with Crippen molar-refractivity contribution in [1.29, 1.82) is 0 Å². The van der Waals surface area contributed by atoms with E-state index >= 15 is 0 Å². The second-order valence-electron chi connectivity index (χ2n) is 3.88. The van der Waals surface area contributed by atoms with Crippen molar-refractivity contribution >= 4 is 23.4 Å². The van der Waals surface area contributed by atoms with Crippen LogP contribution in [0.4, 0.5) is 0 Å². The highest BCUT2D eigenvalue weighted by atomic mass is 35.5. The Morgan fingerprint density at radius 1 is 1.47 bits per heavy atom. The Morgan fingerprint density at radius 2 is 2.24 bits per heavy atom. The SMILES string of the molecule is O=C(CNC(=O)c1cc(Cl)ccn1)NC1CC1. The van der Waals surface area contributed by atoms with E-state index in [1.165, 1.54) is 12.3 Å². The van der Waals surface area contributed by atoms with Crippen LogP contribution in [0.5, 0.6) is 0 Å². The molecule has 0 atom stereocenters. The lowest BCUT2D eigenvalue weighted by molar-refractivity contribution is -0.120. The maximum Gasteiger partial charge on any atom is 0.270 e. The van der Waals surface area contributed by atoms with Gasteiger partial charge in [0.1, 0.15) is 5.69 Å². The first-order valence-electron chi connectivity index (χ1n) is 5.34. The van der Waals surface area contributed by atoms with Crippen LogP contribution in [0.1, 0.15) is 23.3 Å². The smallest absolute Gasteiger partial charge is 0.270 e. The van der Waals surface area contributed by atoms with Gasteiger partial charge >= 0.3 is 0 Å². The van der Waals surface area contributed by atoms with E-state index in [0.29, 0.717) is 11.1 Å². The van der Waals surface area contributed by atoms with E-state index in [1.807, 2.05) is 0 Å². The molecule has 1 aromatic heterocycles. The van der Waals surface area contributed by atoms with E-state index in [4.69, 9.17) is 11.6 Å². The largest absolute Gasteiger partial charge is 0.352 e. The van der Waals surface area contributed by atoms with Gasteiger partial charge in [-0.2, -0.15) is 0 Å². The number of amides is 2. The van der Waals surface area contributed by atoms with Crippen LogP contribution < -0.4 is 10.6 Å². The summed E-state index contributed by atoms with van der Waals surface area (Å²) in [5.41, 5.74) is 0.205. The minimum absolute atomic E-state index is 0.0382. The fraction of sp³-hybridized carbons (Fsp3) is 0.364. The van der Waals surface area contributed by atoms with E-state index in [2.05, 4.69) is 15.6 Å². The molecule has 1 aliphatic rings.